The van der Waals surface area contributed by atoms with E-state index < -0.39 is 5.97 Å². The number of hydrogen-bond donors (Lipinski definition) is 3. The highest BCUT2D eigenvalue weighted by Gasteiger charge is 2.03. The summed E-state index contributed by atoms with van der Waals surface area (Å²) in [5, 5.41) is 13.7. The minimum Gasteiger partial charge on any atom is -0.481 e. The van der Waals surface area contributed by atoms with Gasteiger partial charge in [-0.3, -0.25) is 4.79 Å². The van der Waals surface area contributed by atoms with Crippen LogP contribution in [0.25, 0.3) is 0 Å². The molecule has 0 unspecified atom stereocenters. The molecule has 0 radical (unpaired) electrons. The second-order valence-electron chi connectivity index (χ2n) is 4.01. The number of carbonyl (C=O) groups is 2. The summed E-state index contributed by atoms with van der Waals surface area (Å²) in [7, 11) is 1.61. The summed E-state index contributed by atoms with van der Waals surface area (Å²) in [6.45, 7) is 0.811. The summed E-state index contributed by atoms with van der Waals surface area (Å²) < 4.78 is 5.01. The van der Waals surface area contributed by atoms with Crippen LogP contribution >= 0.6 is 0 Å². The molecule has 0 aliphatic carbocycles. The van der Waals surface area contributed by atoms with Gasteiger partial charge in [0.1, 0.15) is 0 Å². The fourth-order valence-corrected chi connectivity index (χ4v) is 1.52. The predicted octanol–water partition coefficient (Wildman–Crippen LogP) is 1.82. The van der Waals surface area contributed by atoms with Crippen molar-refractivity contribution in [2.75, 3.05) is 19.0 Å². The first kappa shape index (κ1) is 15.0. The van der Waals surface area contributed by atoms with Gasteiger partial charge in [0.15, 0.2) is 0 Å². The van der Waals surface area contributed by atoms with Crippen molar-refractivity contribution in [3.05, 3.63) is 29.8 Å². The van der Waals surface area contributed by atoms with Gasteiger partial charge < -0.3 is 20.5 Å². The Morgan fingerprint density at radius 3 is 2.84 bits per heavy atom. The molecule has 0 fully saturated rings. The summed E-state index contributed by atoms with van der Waals surface area (Å²) >= 11 is 0. The van der Waals surface area contributed by atoms with Gasteiger partial charge in [-0.2, -0.15) is 0 Å². The SMILES string of the molecule is COCc1cccc(NC(=O)NCCCC(=O)O)c1. The van der Waals surface area contributed by atoms with Crippen LogP contribution in [0.2, 0.25) is 0 Å². The maximum absolute atomic E-state index is 11.5. The quantitative estimate of drug-likeness (QED) is 0.657. The van der Waals surface area contributed by atoms with E-state index in [0.717, 1.165) is 5.56 Å². The van der Waals surface area contributed by atoms with Crippen molar-refractivity contribution in [1.82, 2.24) is 5.32 Å². The Morgan fingerprint density at radius 1 is 1.37 bits per heavy atom. The third kappa shape index (κ3) is 6.42. The van der Waals surface area contributed by atoms with Crippen LogP contribution in [0.4, 0.5) is 10.5 Å². The minimum absolute atomic E-state index is 0.0452. The number of carbonyl (C=O) groups excluding carboxylic acids is 1. The lowest BCUT2D eigenvalue weighted by molar-refractivity contribution is -0.137. The van der Waals surface area contributed by atoms with Crippen molar-refractivity contribution in [2.45, 2.75) is 19.4 Å². The molecule has 0 spiro atoms. The zero-order chi connectivity index (χ0) is 14.1. The third-order valence-corrected chi connectivity index (χ3v) is 2.35. The van der Waals surface area contributed by atoms with Gasteiger partial charge in [-0.25, -0.2) is 4.79 Å². The van der Waals surface area contributed by atoms with Crippen LogP contribution < -0.4 is 10.6 Å². The second-order valence-corrected chi connectivity index (χ2v) is 4.01. The molecule has 0 saturated heterocycles. The lowest BCUT2D eigenvalue weighted by Gasteiger charge is -2.08. The average Bonchev–Trinajstić information content (AvgIpc) is 2.35. The van der Waals surface area contributed by atoms with Crippen molar-refractivity contribution in [2.24, 2.45) is 0 Å². The lowest BCUT2D eigenvalue weighted by atomic mass is 10.2. The number of carboxylic acid groups (broad SMARTS) is 1. The number of aliphatic carboxylic acids is 1. The molecule has 0 aliphatic heterocycles. The van der Waals surface area contributed by atoms with E-state index in [-0.39, 0.29) is 12.5 Å². The molecule has 1 aromatic carbocycles. The van der Waals surface area contributed by atoms with Crippen LogP contribution in [-0.4, -0.2) is 30.8 Å². The molecule has 0 heterocycles. The number of ether oxygens (including phenoxy) is 1. The second kappa shape index (κ2) is 8.10. The van der Waals surface area contributed by atoms with E-state index in [2.05, 4.69) is 10.6 Å². The number of benzene rings is 1. The number of rotatable bonds is 7. The largest absolute Gasteiger partial charge is 0.481 e. The number of carboxylic acids is 1. The fourth-order valence-electron chi connectivity index (χ4n) is 1.52. The standard InChI is InChI=1S/C13H18N2O4/c1-19-9-10-4-2-5-11(8-10)15-13(18)14-7-3-6-12(16)17/h2,4-5,8H,3,6-7,9H2,1H3,(H,16,17)(H2,14,15,18). The molecule has 0 aliphatic rings. The summed E-state index contributed by atoms with van der Waals surface area (Å²) in [6.07, 6.45) is 0.454. The third-order valence-electron chi connectivity index (χ3n) is 2.35. The number of nitrogens with one attached hydrogen (secondary N) is 2. The Labute approximate surface area is 111 Å². The summed E-state index contributed by atoms with van der Waals surface area (Å²) in [4.78, 5) is 21.8. The van der Waals surface area contributed by atoms with Gasteiger partial charge in [0, 0.05) is 25.8 Å². The topological polar surface area (TPSA) is 87.7 Å². The van der Waals surface area contributed by atoms with Crippen LogP contribution in [0.1, 0.15) is 18.4 Å². The lowest BCUT2D eigenvalue weighted by Crippen LogP contribution is -2.29. The number of hydrogen-bond acceptors (Lipinski definition) is 3. The van der Waals surface area contributed by atoms with E-state index in [1.807, 2.05) is 18.2 Å². The maximum Gasteiger partial charge on any atom is 0.319 e. The Kier molecular flexibility index (Phi) is 6.38. The molecule has 3 N–H and O–H groups in total. The molecule has 2 amide bonds. The van der Waals surface area contributed by atoms with E-state index in [1.54, 1.807) is 13.2 Å². The van der Waals surface area contributed by atoms with Crippen LogP contribution in [-0.2, 0) is 16.1 Å². The van der Waals surface area contributed by atoms with Gasteiger partial charge in [0.2, 0.25) is 0 Å². The molecule has 0 aromatic heterocycles. The summed E-state index contributed by atoms with van der Waals surface area (Å²) in [5.74, 6) is -0.866. The van der Waals surface area contributed by atoms with Crippen molar-refractivity contribution < 1.29 is 19.4 Å². The van der Waals surface area contributed by atoms with Crippen LogP contribution in [0.3, 0.4) is 0 Å². The van der Waals surface area contributed by atoms with Gasteiger partial charge in [0.05, 0.1) is 6.61 Å². The van der Waals surface area contributed by atoms with E-state index >= 15 is 0 Å². The smallest absolute Gasteiger partial charge is 0.319 e. The van der Waals surface area contributed by atoms with E-state index in [9.17, 15) is 9.59 Å². The van der Waals surface area contributed by atoms with E-state index in [0.29, 0.717) is 25.3 Å². The first-order valence-corrected chi connectivity index (χ1v) is 5.96. The number of methoxy groups -OCH3 is 1. The highest BCUT2D eigenvalue weighted by Crippen LogP contribution is 2.11. The summed E-state index contributed by atoms with van der Waals surface area (Å²) in [5.41, 5.74) is 1.64. The van der Waals surface area contributed by atoms with Gasteiger partial charge in [-0.15, -0.1) is 0 Å². The molecule has 0 atom stereocenters. The normalized spacial score (nSPS) is 9.95. The molecular formula is C13H18N2O4. The highest BCUT2D eigenvalue weighted by molar-refractivity contribution is 5.89. The van der Waals surface area contributed by atoms with E-state index in [1.165, 1.54) is 0 Å². The van der Waals surface area contributed by atoms with Crippen LogP contribution in [0.5, 0.6) is 0 Å². The molecule has 104 valence electrons. The molecule has 1 aromatic rings. The van der Waals surface area contributed by atoms with Gasteiger partial charge in [-0.05, 0) is 24.1 Å². The Hall–Kier alpha value is -2.08. The van der Waals surface area contributed by atoms with Gasteiger partial charge >= 0.3 is 12.0 Å². The van der Waals surface area contributed by atoms with Gasteiger partial charge in [-0.1, -0.05) is 12.1 Å². The highest BCUT2D eigenvalue weighted by atomic mass is 16.5. The van der Waals surface area contributed by atoms with Crippen LogP contribution in [0.15, 0.2) is 24.3 Å². The monoisotopic (exact) mass is 266 g/mol. The maximum atomic E-state index is 11.5. The van der Waals surface area contributed by atoms with Crippen LogP contribution in [0, 0.1) is 0 Å². The molecule has 1 rings (SSSR count). The molecular weight excluding hydrogens is 248 g/mol. The van der Waals surface area contributed by atoms with Crippen molar-refractivity contribution in [3.8, 4) is 0 Å². The first-order chi connectivity index (χ1) is 9.11. The van der Waals surface area contributed by atoms with E-state index in [4.69, 9.17) is 9.84 Å². The molecule has 6 nitrogen and oxygen atoms in total. The Balaban J connectivity index is 2.35. The zero-order valence-electron chi connectivity index (χ0n) is 10.8. The molecule has 19 heavy (non-hydrogen) atoms. The Morgan fingerprint density at radius 2 is 2.16 bits per heavy atom. The first-order valence-electron chi connectivity index (χ1n) is 5.96. The average molecular weight is 266 g/mol. The fraction of sp³-hybridized carbons (Fsp3) is 0.385. The van der Waals surface area contributed by atoms with Gasteiger partial charge in [0.25, 0.3) is 0 Å². The molecule has 0 saturated carbocycles. The minimum atomic E-state index is -0.866. The summed E-state index contributed by atoms with van der Waals surface area (Å²) in [6, 6.07) is 6.98. The number of anilines is 1. The molecule has 6 heteroatoms. The van der Waals surface area contributed by atoms with Crippen molar-refractivity contribution >= 4 is 17.7 Å². The van der Waals surface area contributed by atoms with Crippen molar-refractivity contribution in [3.63, 3.8) is 0 Å². The number of amides is 2. The van der Waals surface area contributed by atoms with Crippen molar-refractivity contribution in [1.29, 1.82) is 0 Å². The Bertz CT molecular complexity index is 434. The number of urea groups is 1. The molecule has 0 bridgehead atoms. The zero-order valence-corrected chi connectivity index (χ0v) is 10.8. The predicted molar refractivity (Wildman–Crippen MR) is 71.0 cm³/mol.